The number of nitrogens with one attached hydrogen (secondary N) is 1. The molecule has 1 heterocycles. The van der Waals surface area contributed by atoms with Crippen molar-refractivity contribution in [2.45, 2.75) is 31.7 Å². The Labute approximate surface area is 68.2 Å². The maximum absolute atomic E-state index is 3.58. The van der Waals surface area contributed by atoms with Gasteiger partial charge in [0.25, 0.3) is 0 Å². The van der Waals surface area contributed by atoms with E-state index in [4.69, 9.17) is 0 Å². The van der Waals surface area contributed by atoms with Gasteiger partial charge in [0.15, 0.2) is 0 Å². The highest BCUT2D eigenvalue weighted by atomic mass is 15.0. The van der Waals surface area contributed by atoms with Crippen molar-refractivity contribution in [3.05, 3.63) is 23.8 Å². The lowest BCUT2D eigenvalue weighted by atomic mass is 9.80. The van der Waals surface area contributed by atoms with Gasteiger partial charge >= 0.3 is 0 Å². The van der Waals surface area contributed by atoms with Crippen LogP contribution in [0.3, 0.4) is 0 Å². The van der Waals surface area contributed by atoms with E-state index in [0.717, 1.165) is 0 Å². The predicted octanol–water partition coefficient (Wildman–Crippen LogP) is 2.01. The number of piperidine rings is 1. The molecule has 1 nitrogen and oxygen atoms in total. The van der Waals surface area contributed by atoms with Gasteiger partial charge < -0.3 is 5.32 Å². The van der Waals surface area contributed by atoms with Gasteiger partial charge in [0, 0.05) is 5.54 Å². The number of rotatable bonds is 0. The zero-order valence-electron chi connectivity index (χ0n) is 7.06. The maximum atomic E-state index is 3.58. The summed E-state index contributed by atoms with van der Waals surface area (Å²) in [7, 11) is 0. The molecule has 1 saturated heterocycles. The first-order chi connectivity index (χ1) is 5.31. The van der Waals surface area contributed by atoms with Gasteiger partial charge in [0.05, 0.1) is 0 Å². The fraction of sp³-hybridized carbons (Fsp3) is 0.600. The molecule has 60 valence electrons. The van der Waals surface area contributed by atoms with Crippen LogP contribution >= 0.6 is 0 Å². The van der Waals surface area contributed by atoms with Crippen LogP contribution in [0.5, 0.6) is 0 Å². The SMILES string of the molecule is CC12CC=CC=C1CCCN2. The van der Waals surface area contributed by atoms with Crippen molar-refractivity contribution < 1.29 is 0 Å². The lowest BCUT2D eigenvalue weighted by Gasteiger charge is -2.38. The quantitative estimate of drug-likeness (QED) is 0.555. The van der Waals surface area contributed by atoms with E-state index in [1.54, 1.807) is 5.57 Å². The Morgan fingerprint density at radius 3 is 3.27 bits per heavy atom. The minimum Gasteiger partial charge on any atom is -0.308 e. The van der Waals surface area contributed by atoms with E-state index >= 15 is 0 Å². The second-order valence-electron chi connectivity index (χ2n) is 3.69. The van der Waals surface area contributed by atoms with E-state index < -0.39 is 0 Å². The third-order valence-corrected chi connectivity index (χ3v) is 2.81. The summed E-state index contributed by atoms with van der Waals surface area (Å²) in [5.74, 6) is 0. The molecule has 1 heteroatoms. The van der Waals surface area contributed by atoms with Crippen LogP contribution in [0, 0.1) is 0 Å². The molecule has 1 unspecified atom stereocenters. The number of hydrogen-bond acceptors (Lipinski definition) is 1. The number of allylic oxidation sites excluding steroid dienone is 2. The second-order valence-corrected chi connectivity index (χ2v) is 3.69. The van der Waals surface area contributed by atoms with Crippen LogP contribution in [0.15, 0.2) is 23.8 Å². The van der Waals surface area contributed by atoms with Crippen molar-refractivity contribution >= 4 is 0 Å². The van der Waals surface area contributed by atoms with Gasteiger partial charge in [-0.15, -0.1) is 0 Å². The highest BCUT2D eigenvalue weighted by Gasteiger charge is 2.30. The Morgan fingerprint density at radius 2 is 2.45 bits per heavy atom. The summed E-state index contributed by atoms with van der Waals surface area (Å²) < 4.78 is 0. The molecular formula is C10H15N. The average Bonchev–Trinajstić information content (AvgIpc) is 2.03. The average molecular weight is 149 g/mol. The van der Waals surface area contributed by atoms with E-state index in [1.165, 1.54) is 25.8 Å². The van der Waals surface area contributed by atoms with Crippen molar-refractivity contribution in [1.29, 1.82) is 0 Å². The first kappa shape index (κ1) is 7.11. The molecule has 0 aromatic rings. The van der Waals surface area contributed by atoms with Crippen LogP contribution in [0.1, 0.15) is 26.2 Å². The Balaban J connectivity index is 2.26. The molecule has 11 heavy (non-hydrogen) atoms. The van der Waals surface area contributed by atoms with Crippen molar-refractivity contribution in [3.8, 4) is 0 Å². The van der Waals surface area contributed by atoms with E-state index in [-0.39, 0.29) is 0 Å². The van der Waals surface area contributed by atoms with Crippen molar-refractivity contribution in [1.82, 2.24) is 5.32 Å². The zero-order chi connectivity index (χ0) is 7.73. The third-order valence-electron chi connectivity index (χ3n) is 2.81. The summed E-state index contributed by atoms with van der Waals surface area (Å²) in [5.41, 5.74) is 1.89. The van der Waals surface area contributed by atoms with Gasteiger partial charge in [-0.25, -0.2) is 0 Å². The molecule has 1 aliphatic heterocycles. The van der Waals surface area contributed by atoms with Crippen LogP contribution in [0.25, 0.3) is 0 Å². The summed E-state index contributed by atoms with van der Waals surface area (Å²) in [6.07, 6.45) is 10.5. The van der Waals surface area contributed by atoms with Crippen LogP contribution < -0.4 is 5.32 Å². The highest BCUT2D eigenvalue weighted by molar-refractivity contribution is 5.30. The predicted molar refractivity (Wildman–Crippen MR) is 47.5 cm³/mol. The molecule has 0 radical (unpaired) electrons. The first-order valence-corrected chi connectivity index (χ1v) is 4.42. The van der Waals surface area contributed by atoms with E-state index in [2.05, 4.69) is 30.5 Å². The minimum atomic E-state index is 0.299. The smallest absolute Gasteiger partial charge is 0.0403 e. The molecule has 1 aliphatic carbocycles. The van der Waals surface area contributed by atoms with Gasteiger partial charge in [-0.2, -0.15) is 0 Å². The molecule has 0 aromatic carbocycles. The molecule has 0 spiro atoms. The fourth-order valence-electron chi connectivity index (χ4n) is 1.99. The van der Waals surface area contributed by atoms with E-state index in [1.807, 2.05) is 0 Å². The standard InChI is InChI=1S/C10H15N/c1-10-7-3-2-5-9(10)6-4-8-11-10/h2-3,5,11H,4,6-8H2,1H3. The largest absolute Gasteiger partial charge is 0.308 e. The lowest BCUT2D eigenvalue weighted by molar-refractivity contribution is 0.361. The molecule has 0 saturated carbocycles. The molecule has 2 rings (SSSR count). The molecule has 0 bridgehead atoms. The van der Waals surface area contributed by atoms with Crippen molar-refractivity contribution in [2.24, 2.45) is 0 Å². The Hall–Kier alpha value is -0.560. The molecule has 1 atom stereocenters. The zero-order valence-corrected chi connectivity index (χ0v) is 7.06. The molecule has 1 N–H and O–H groups in total. The van der Waals surface area contributed by atoms with Gasteiger partial charge in [0.2, 0.25) is 0 Å². The normalized spacial score (nSPS) is 36.3. The van der Waals surface area contributed by atoms with Crippen LogP contribution in [-0.2, 0) is 0 Å². The van der Waals surface area contributed by atoms with Crippen molar-refractivity contribution in [3.63, 3.8) is 0 Å². The van der Waals surface area contributed by atoms with Gasteiger partial charge in [-0.1, -0.05) is 23.8 Å². The molecule has 1 fully saturated rings. The molecular weight excluding hydrogens is 134 g/mol. The Kier molecular flexibility index (Phi) is 1.61. The fourth-order valence-corrected chi connectivity index (χ4v) is 1.99. The van der Waals surface area contributed by atoms with E-state index in [0.29, 0.717) is 5.54 Å². The Morgan fingerprint density at radius 1 is 1.55 bits per heavy atom. The van der Waals surface area contributed by atoms with E-state index in [9.17, 15) is 0 Å². The summed E-state index contributed by atoms with van der Waals surface area (Å²) in [4.78, 5) is 0. The summed E-state index contributed by atoms with van der Waals surface area (Å²) in [5, 5.41) is 3.58. The molecule has 2 aliphatic rings. The summed E-state index contributed by atoms with van der Waals surface area (Å²) in [6.45, 7) is 3.49. The van der Waals surface area contributed by atoms with Crippen molar-refractivity contribution in [2.75, 3.05) is 6.54 Å². The summed E-state index contributed by atoms with van der Waals surface area (Å²) in [6, 6.07) is 0. The van der Waals surface area contributed by atoms with Gasteiger partial charge in [0.1, 0.15) is 0 Å². The number of fused-ring (bicyclic) bond motifs is 1. The monoisotopic (exact) mass is 149 g/mol. The minimum absolute atomic E-state index is 0.299. The lowest BCUT2D eigenvalue weighted by Crippen LogP contribution is -2.48. The van der Waals surface area contributed by atoms with Crippen LogP contribution in [0.2, 0.25) is 0 Å². The van der Waals surface area contributed by atoms with Gasteiger partial charge in [-0.3, -0.25) is 0 Å². The highest BCUT2D eigenvalue weighted by Crippen LogP contribution is 2.31. The van der Waals surface area contributed by atoms with Crippen LogP contribution in [-0.4, -0.2) is 12.1 Å². The third kappa shape index (κ3) is 1.14. The molecule has 0 amide bonds. The first-order valence-electron chi connectivity index (χ1n) is 4.42. The molecule has 0 aromatic heterocycles. The topological polar surface area (TPSA) is 12.0 Å². The van der Waals surface area contributed by atoms with Gasteiger partial charge in [-0.05, 0) is 32.7 Å². The maximum Gasteiger partial charge on any atom is 0.0403 e. The number of hydrogen-bond donors (Lipinski definition) is 1. The second kappa shape index (κ2) is 2.49. The van der Waals surface area contributed by atoms with Crippen LogP contribution in [0.4, 0.5) is 0 Å². The summed E-state index contributed by atoms with van der Waals surface area (Å²) >= 11 is 0. The Bertz CT molecular complexity index is 215.